The summed E-state index contributed by atoms with van der Waals surface area (Å²) in [5.41, 5.74) is 10.5. The number of hydrogen-bond donors (Lipinski definition) is 1. The Balaban J connectivity index is 0.000000568. The quantitative estimate of drug-likeness (QED) is 0.421. The van der Waals surface area contributed by atoms with Crippen LogP contribution in [0.15, 0.2) is 36.4 Å². The Morgan fingerprint density at radius 1 is 1.04 bits per heavy atom. The smallest absolute Gasteiger partial charge is 0.153 e. The minimum absolute atomic E-state index is 0.129. The summed E-state index contributed by atoms with van der Waals surface area (Å²) in [7, 11) is 0. The van der Waals surface area contributed by atoms with E-state index in [2.05, 4.69) is 19.9 Å². The molecule has 2 rings (SSSR count). The number of hydrogen-bond acceptors (Lipinski definition) is 2. The summed E-state index contributed by atoms with van der Waals surface area (Å²) in [5.74, 6) is -0.416. The molecule has 0 aliphatic carbocycles. The number of nitrogens with two attached hydrogens (primary N) is 1. The van der Waals surface area contributed by atoms with Gasteiger partial charge in [0.15, 0.2) is 5.82 Å². The van der Waals surface area contributed by atoms with Crippen LogP contribution >= 0.6 is 0 Å². The maximum Gasteiger partial charge on any atom is 0.153 e. The Kier molecular flexibility index (Phi) is 10.0. The minimum Gasteiger partial charge on any atom is -0.396 e. The van der Waals surface area contributed by atoms with Gasteiger partial charge in [-0.25, -0.2) is 4.39 Å². The summed E-state index contributed by atoms with van der Waals surface area (Å²) < 4.78 is 14.4. The molecule has 2 aromatic rings. The number of benzene rings is 2. The van der Waals surface area contributed by atoms with Crippen molar-refractivity contribution >= 4 is 11.3 Å². The van der Waals surface area contributed by atoms with E-state index in [1.807, 2.05) is 39.0 Å². The van der Waals surface area contributed by atoms with Crippen LogP contribution in [0.25, 0.3) is 5.57 Å². The highest BCUT2D eigenvalue weighted by Gasteiger charge is 2.15. The van der Waals surface area contributed by atoms with Crippen LogP contribution in [0.1, 0.15) is 80.7 Å². The van der Waals surface area contributed by atoms with Gasteiger partial charge in [-0.05, 0) is 54.7 Å². The molecule has 0 heterocycles. The van der Waals surface area contributed by atoms with E-state index in [4.69, 9.17) is 5.73 Å². The lowest BCUT2D eigenvalue weighted by Gasteiger charge is -2.15. The van der Waals surface area contributed by atoms with Crippen LogP contribution in [0.3, 0.4) is 0 Å². The molecular formula is C25H33FN2. The highest BCUT2D eigenvalue weighted by molar-refractivity contribution is 5.83. The van der Waals surface area contributed by atoms with Gasteiger partial charge in [-0.1, -0.05) is 70.7 Å². The van der Waals surface area contributed by atoms with Gasteiger partial charge in [0.1, 0.15) is 0 Å². The van der Waals surface area contributed by atoms with Gasteiger partial charge in [0, 0.05) is 5.56 Å². The van der Waals surface area contributed by atoms with Crippen LogP contribution < -0.4 is 5.73 Å². The molecule has 0 saturated heterocycles. The van der Waals surface area contributed by atoms with Gasteiger partial charge in [-0.2, -0.15) is 5.26 Å². The zero-order valence-electron chi connectivity index (χ0n) is 17.9. The van der Waals surface area contributed by atoms with Crippen LogP contribution in [-0.2, 0) is 0 Å². The van der Waals surface area contributed by atoms with E-state index in [9.17, 15) is 9.65 Å². The predicted octanol–water partition coefficient (Wildman–Crippen LogP) is 7.32. The summed E-state index contributed by atoms with van der Waals surface area (Å²) in [4.78, 5) is 0. The molecule has 0 radical (unpaired) electrons. The van der Waals surface area contributed by atoms with Gasteiger partial charge in [0.25, 0.3) is 0 Å². The van der Waals surface area contributed by atoms with Crippen LogP contribution in [0.5, 0.6) is 0 Å². The average Bonchev–Trinajstić information content (AvgIpc) is 2.68. The van der Waals surface area contributed by atoms with Gasteiger partial charge in [0.05, 0.1) is 17.3 Å². The molecular weight excluding hydrogens is 347 g/mol. The Bertz CT molecular complexity index is 840. The molecule has 2 nitrogen and oxygen atoms in total. The molecule has 0 aliphatic heterocycles. The van der Waals surface area contributed by atoms with Crippen molar-refractivity contribution in [3.8, 4) is 6.07 Å². The van der Waals surface area contributed by atoms with Gasteiger partial charge >= 0.3 is 0 Å². The number of unbranched alkanes of at least 4 members (excludes halogenated alkanes) is 3. The Labute approximate surface area is 169 Å². The topological polar surface area (TPSA) is 49.8 Å². The van der Waals surface area contributed by atoms with Crippen LogP contribution in [0, 0.1) is 31.0 Å². The fraction of sp³-hybridized carbons (Fsp3) is 0.400. The number of aryl methyl sites for hydroxylation is 2. The Morgan fingerprint density at radius 2 is 1.68 bits per heavy atom. The first-order valence-corrected chi connectivity index (χ1v) is 10.2. The van der Waals surface area contributed by atoms with Crippen molar-refractivity contribution in [2.75, 3.05) is 5.73 Å². The number of nitriles is 1. The fourth-order valence-corrected chi connectivity index (χ4v) is 3.09. The second-order valence-electron chi connectivity index (χ2n) is 7.04. The lowest BCUT2D eigenvalue weighted by Crippen LogP contribution is -2.00. The van der Waals surface area contributed by atoms with E-state index in [0.717, 1.165) is 28.7 Å². The van der Waals surface area contributed by atoms with Crippen LogP contribution in [0.2, 0.25) is 0 Å². The number of allylic oxidation sites excluding steroid dienone is 1. The second-order valence-corrected chi connectivity index (χ2v) is 7.04. The number of halogens is 1. The van der Waals surface area contributed by atoms with Crippen molar-refractivity contribution in [3.63, 3.8) is 0 Å². The predicted molar refractivity (Wildman–Crippen MR) is 119 cm³/mol. The first-order valence-electron chi connectivity index (χ1n) is 10.2. The van der Waals surface area contributed by atoms with Gasteiger partial charge in [0.2, 0.25) is 0 Å². The lowest BCUT2D eigenvalue weighted by atomic mass is 9.90. The third-order valence-corrected chi connectivity index (χ3v) is 4.67. The average molecular weight is 381 g/mol. The molecule has 3 heteroatoms. The second kappa shape index (κ2) is 12.0. The largest absolute Gasteiger partial charge is 0.396 e. The van der Waals surface area contributed by atoms with Gasteiger partial charge in [-0.15, -0.1) is 0 Å². The third kappa shape index (κ3) is 6.23. The normalized spacial score (nSPS) is 10.8. The van der Waals surface area contributed by atoms with E-state index in [1.54, 1.807) is 18.2 Å². The molecule has 0 amide bonds. The van der Waals surface area contributed by atoms with Crippen LogP contribution in [0.4, 0.5) is 10.1 Å². The van der Waals surface area contributed by atoms with Crippen molar-refractivity contribution in [1.29, 1.82) is 5.26 Å². The standard InChI is InChI=1S/C19H19FN2.C6H14/c1-4-6-15(16-7-5-8-18(22)19(16)20)17-10-14(11-21)12(2)9-13(17)3;1-3-5-6-4-2/h5-10H,4,22H2,1-3H3;3-6H2,1-2H3/b15-6-;. The monoisotopic (exact) mass is 380 g/mol. The first-order chi connectivity index (χ1) is 13.4. The SMILES string of the molecule is CC/C=C(\c1cc(C#N)c(C)cc1C)c1cccc(N)c1F.CCCCCC. The van der Waals surface area contributed by atoms with Crippen molar-refractivity contribution in [2.45, 2.75) is 66.7 Å². The number of anilines is 1. The zero-order chi connectivity index (χ0) is 21.1. The molecule has 0 aliphatic rings. The first kappa shape index (κ1) is 23.4. The van der Waals surface area contributed by atoms with E-state index in [-0.39, 0.29) is 5.69 Å². The van der Waals surface area contributed by atoms with Crippen molar-refractivity contribution in [1.82, 2.24) is 0 Å². The molecule has 0 fully saturated rings. The van der Waals surface area contributed by atoms with E-state index in [0.29, 0.717) is 11.1 Å². The molecule has 0 atom stereocenters. The number of rotatable bonds is 6. The van der Waals surface area contributed by atoms with E-state index in [1.165, 1.54) is 25.7 Å². The van der Waals surface area contributed by atoms with E-state index >= 15 is 0 Å². The van der Waals surface area contributed by atoms with E-state index < -0.39 is 5.82 Å². The number of nitrogens with zero attached hydrogens (tertiary/aromatic N) is 1. The van der Waals surface area contributed by atoms with Crippen molar-refractivity contribution in [3.05, 3.63) is 70.0 Å². The summed E-state index contributed by atoms with van der Waals surface area (Å²) >= 11 is 0. The van der Waals surface area contributed by atoms with Gasteiger partial charge in [-0.3, -0.25) is 0 Å². The Morgan fingerprint density at radius 3 is 2.21 bits per heavy atom. The highest BCUT2D eigenvalue weighted by atomic mass is 19.1. The highest BCUT2D eigenvalue weighted by Crippen LogP contribution is 2.32. The maximum atomic E-state index is 14.4. The van der Waals surface area contributed by atoms with Crippen molar-refractivity contribution in [2.24, 2.45) is 0 Å². The molecule has 0 bridgehead atoms. The molecule has 28 heavy (non-hydrogen) atoms. The molecule has 150 valence electrons. The fourth-order valence-electron chi connectivity index (χ4n) is 3.09. The van der Waals surface area contributed by atoms with Crippen LogP contribution in [-0.4, -0.2) is 0 Å². The molecule has 2 aromatic carbocycles. The number of nitrogen functional groups attached to an aromatic ring is 1. The summed E-state index contributed by atoms with van der Waals surface area (Å²) in [6.07, 6.45) is 8.27. The molecule has 0 saturated carbocycles. The lowest BCUT2D eigenvalue weighted by molar-refractivity contribution is 0.629. The molecule has 2 N–H and O–H groups in total. The summed E-state index contributed by atoms with van der Waals surface area (Å²) in [6, 6.07) is 11.0. The van der Waals surface area contributed by atoms with Gasteiger partial charge < -0.3 is 5.73 Å². The Hall–Kier alpha value is -2.60. The summed E-state index contributed by atoms with van der Waals surface area (Å²) in [5, 5.41) is 9.25. The maximum absolute atomic E-state index is 14.4. The molecule has 0 spiro atoms. The third-order valence-electron chi connectivity index (χ3n) is 4.67. The zero-order valence-corrected chi connectivity index (χ0v) is 17.9. The minimum atomic E-state index is -0.416. The summed E-state index contributed by atoms with van der Waals surface area (Å²) in [6.45, 7) is 10.3. The molecule has 0 aromatic heterocycles. The molecule has 0 unspecified atom stereocenters. The van der Waals surface area contributed by atoms with Crippen molar-refractivity contribution < 1.29 is 4.39 Å².